The van der Waals surface area contributed by atoms with Crippen LogP contribution in [-0.4, -0.2) is 0 Å². The lowest BCUT2D eigenvalue weighted by molar-refractivity contribution is -0.741. The molecule has 2 heteroatoms. The van der Waals surface area contributed by atoms with Gasteiger partial charge in [0.1, 0.15) is 7.05 Å². The largest absolute Gasteiger partial charge is 0.213 e. The Hall–Kier alpha value is -4.30. The SMILES string of the molecule is CCC1(CC)C(=Cc2cc(-c3ccccc3)ccc2-c2cc(C)cc[n+]2C)c2ccccc2-c2cccc[n+]21. The maximum Gasteiger partial charge on any atom is 0.213 e. The molecular formula is C37H36N2+2. The van der Waals surface area contributed by atoms with E-state index >= 15 is 0 Å². The maximum absolute atomic E-state index is 2.52. The van der Waals surface area contributed by atoms with Crippen molar-refractivity contribution >= 4 is 11.6 Å². The van der Waals surface area contributed by atoms with Gasteiger partial charge in [-0.2, -0.15) is 4.57 Å². The smallest absolute Gasteiger partial charge is 0.201 e. The highest BCUT2D eigenvalue weighted by Crippen LogP contribution is 2.46. The molecule has 0 fully saturated rings. The third-order valence-corrected chi connectivity index (χ3v) is 8.53. The van der Waals surface area contributed by atoms with Crippen molar-refractivity contribution in [3.8, 4) is 33.6 Å². The molecule has 3 heterocycles. The summed E-state index contributed by atoms with van der Waals surface area (Å²) >= 11 is 0. The minimum atomic E-state index is -0.139. The third-order valence-electron chi connectivity index (χ3n) is 8.53. The summed E-state index contributed by atoms with van der Waals surface area (Å²) in [5.74, 6) is 0. The van der Waals surface area contributed by atoms with Gasteiger partial charge in [0.15, 0.2) is 17.9 Å². The Morgan fingerprint density at radius 3 is 2.13 bits per heavy atom. The fourth-order valence-corrected chi connectivity index (χ4v) is 6.37. The van der Waals surface area contributed by atoms with Gasteiger partial charge in [-0.1, -0.05) is 68.4 Å². The number of aromatic nitrogens is 2. The lowest BCUT2D eigenvalue weighted by Crippen LogP contribution is -2.59. The molecule has 0 unspecified atom stereocenters. The number of nitrogens with zero attached hydrogens (tertiary/aromatic N) is 2. The fourth-order valence-electron chi connectivity index (χ4n) is 6.37. The lowest BCUT2D eigenvalue weighted by Gasteiger charge is -2.35. The first-order chi connectivity index (χ1) is 19.1. The van der Waals surface area contributed by atoms with Gasteiger partial charge in [0.2, 0.25) is 11.4 Å². The van der Waals surface area contributed by atoms with Crippen molar-refractivity contribution in [1.29, 1.82) is 0 Å². The molecular weight excluding hydrogens is 472 g/mol. The van der Waals surface area contributed by atoms with Gasteiger partial charge in [-0.25, -0.2) is 4.57 Å². The molecule has 1 aliphatic heterocycles. The predicted octanol–water partition coefficient (Wildman–Crippen LogP) is 8.18. The van der Waals surface area contributed by atoms with Crippen LogP contribution in [0.5, 0.6) is 0 Å². The summed E-state index contributed by atoms with van der Waals surface area (Å²) in [4.78, 5) is 0. The van der Waals surface area contributed by atoms with Crippen LogP contribution in [0.25, 0.3) is 45.3 Å². The second kappa shape index (κ2) is 10.1. The van der Waals surface area contributed by atoms with Crippen LogP contribution in [0.4, 0.5) is 0 Å². The van der Waals surface area contributed by atoms with E-state index in [0.717, 1.165) is 12.8 Å². The van der Waals surface area contributed by atoms with E-state index < -0.39 is 0 Å². The number of aryl methyl sites for hydroxylation is 2. The summed E-state index contributed by atoms with van der Waals surface area (Å²) < 4.78 is 4.76. The van der Waals surface area contributed by atoms with E-state index in [1.807, 2.05) is 0 Å². The first kappa shape index (κ1) is 25.0. The highest BCUT2D eigenvalue weighted by molar-refractivity contribution is 5.95. The molecule has 2 nitrogen and oxygen atoms in total. The summed E-state index contributed by atoms with van der Waals surface area (Å²) in [5, 5.41) is 0. The summed E-state index contributed by atoms with van der Waals surface area (Å²) in [6, 6.07) is 37.6. The molecule has 5 aromatic rings. The number of allylic oxidation sites excluding steroid dienone is 1. The highest BCUT2D eigenvalue weighted by atomic mass is 15.1. The zero-order valence-electron chi connectivity index (χ0n) is 23.4. The minimum absolute atomic E-state index is 0.139. The molecule has 39 heavy (non-hydrogen) atoms. The van der Waals surface area contributed by atoms with E-state index in [4.69, 9.17) is 0 Å². The van der Waals surface area contributed by atoms with Crippen molar-refractivity contribution in [2.75, 3.05) is 0 Å². The first-order valence-electron chi connectivity index (χ1n) is 14.0. The van der Waals surface area contributed by atoms with Crippen LogP contribution in [0.3, 0.4) is 0 Å². The van der Waals surface area contributed by atoms with Crippen molar-refractivity contribution in [2.24, 2.45) is 7.05 Å². The minimum Gasteiger partial charge on any atom is -0.201 e. The molecule has 0 bridgehead atoms. The van der Waals surface area contributed by atoms with E-state index in [1.54, 1.807) is 0 Å². The summed E-state index contributed by atoms with van der Waals surface area (Å²) in [5.41, 5.74) is 12.6. The van der Waals surface area contributed by atoms with Crippen molar-refractivity contribution in [3.63, 3.8) is 0 Å². The van der Waals surface area contributed by atoms with Crippen LogP contribution in [0.1, 0.15) is 43.4 Å². The zero-order valence-corrected chi connectivity index (χ0v) is 23.4. The summed E-state index contributed by atoms with van der Waals surface area (Å²) in [6.45, 7) is 6.83. The quantitative estimate of drug-likeness (QED) is 0.212. The molecule has 0 saturated carbocycles. The van der Waals surface area contributed by atoms with Gasteiger partial charge in [0, 0.05) is 42.7 Å². The van der Waals surface area contributed by atoms with Gasteiger partial charge >= 0.3 is 0 Å². The molecule has 1 aliphatic rings. The van der Waals surface area contributed by atoms with Crippen molar-refractivity contribution in [1.82, 2.24) is 0 Å². The maximum atomic E-state index is 2.52. The third kappa shape index (κ3) is 4.21. The lowest BCUT2D eigenvalue weighted by atomic mass is 9.74. The van der Waals surface area contributed by atoms with Gasteiger partial charge in [-0.05, 0) is 65.1 Å². The van der Waals surface area contributed by atoms with Crippen molar-refractivity contribution in [2.45, 2.75) is 39.2 Å². The molecule has 2 aromatic heterocycles. The second-order valence-corrected chi connectivity index (χ2v) is 10.7. The Morgan fingerprint density at radius 1 is 0.641 bits per heavy atom. The molecule has 0 N–H and O–H groups in total. The average molecular weight is 509 g/mol. The number of pyridine rings is 2. The van der Waals surface area contributed by atoms with Crippen LogP contribution in [0.15, 0.2) is 116 Å². The first-order valence-corrected chi connectivity index (χ1v) is 14.0. The monoisotopic (exact) mass is 508 g/mol. The Balaban J connectivity index is 1.68. The number of benzene rings is 3. The van der Waals surface area contributed by atoms with Crippen LogP contribution in [-0.2, 0) is 12.6 Å². The van der Waals surface area contributed by atoms with Gasteiger partial charge in [-0.15, -0.1) is 0 Å². The summed E-state index contributed by atoms with van der Waals surface area (Å²) in [6.07, 6.45) is 8.94. The van der Waals surface area contributed by atoms with E-state index in [0.29, 0.717) is 0 Å². The van der Waals surface area contributed by atoms with Crippen LogP contribution >= 0.6 is 0 Å². The number of fused-ring (bicyclic) bond motifs is 3. The van der Waals surface area contributed by atoms with E-state index in [1.165, 1.54) is 55.9 Å². The number of hydrogen-bond acceptors (Lipinski definition) is 0. The average Bonchev–Trinajstić information content (AvgIpc) is 2.99. The molecule has 0 amide bonds. The van der Waals surface area contributed by atoms with Crippen molar-refractivity contribution < 1.29 is 9.13 Å². The second-order valence-electron chi connectivity index (χ2n) is 10.7. The summed E-state index contributed by atoms with van der Waals surface area (Å²) in [7, 11) is 2.14. The standard InChI is InChI=1S/C37H36N2/c1-5-37(6-2)34(32-16-10-11-17-33(32)35-18-12-13-22-39(35)37)26-30-25-29(28-14-8-7-9-15-28)19-20-31(30)36-24-27(3)21-23-38(36)4/h7-26H,5-6H2,1-4H3/q+2. The van der Waals surface area contributed by atoms with E-state index in [2.05, 4.69) is 159 Å². The van der Waals surface area contributed by atoms with E-state index in [-0.39, 0.29) is 5.54 Å². The van der Waals surface area contributed by atoms with Crippen molar-refractivity contribution in [3.05, 3.63) is 132 Å². The van der Waals surface area contributed by atoms with Crippen LogP contribution in [0, 0.1) is 6.92 Å². The number of hydrogen-bond donors (Lipinski definition) is 0. The number of rotatable bonds is 5. The molecule has 0 radical (unpaired) electrons. The van der Waals surface area contributed by atoms with Gasteiger partial charge < -0.3 is 0 Å². The predicted molar refractivity (Wildman–Crippen MR) is 162 cm³/mol. The molecule has 0 saturated heterocycles. The Morgan fingerprint density at radius 2 is 1.36 bits per heavy atom. The van der Waals surface area contributed by atoms with Gasteiger partial charge in [0.05, 0.1) is 11.1 Å². The molecule has 3 aromatic carbocycles. The Labute approximate surface area is 232 Å². The van der Waals surface area contributed by atoms with Gasteiger partial charge in [-0.3, -0.25) is 0 Å². The van der Waals surface area contributed by atoms with E-state index in [9.17, 15) is 0 Å². The van der Waals surface area contributed by atoms with Crippen LogP contribution in [0.2, 0.25) is 0 Å². The molecule has 6 rings (SSSR count). The Bertz CT molecular complexity index is 1690. The van der Waals surface area contributed by atoms with Crippen LogP contribution < -0.4 is 9.13 Å². The normalized spacial score (nSPS) is 14.6. The molecule has 0 spiro atoms. The molecule has 192 valence electrons. The topological polar surface area (TPSA) is 7.76 Å². The Kier molecular flexibility index (Phi) is 6.48. The fraction of sp³-hybridized carbons (Fsp3) is 0.189. The molecule has 0 atom stereocenters. The van der Waals surface area contributed by atoms with Gasteiger partial charge in [0.25, 0.3) is 0 Å². The highest BCUT2D eigenvalue weighted by Gasteiger charge is 2.47. The zero-order chi connectivity index (χ0) is 27.0. The molecule has 0 aliphatic carbocycles.